The maximum atomic E-state index is 12.8. The number of rotatable bonds is 6. The Balaban J connectivity index is 1.24. The van der Waals surface area contributed by atoms with Crippen molar-refractivity contribution < 1.29 is 14.3 Å². The first-order chi connectivity index (χ1) is 16.4. The number of hydrogen-bond donors (Lipinski definition) is 1. The van der Waals surface area contributed by atoms with E-state index in [1.54, 1.807) is 42.3 Å². The summed E-state index contributed by atoms with van der Waals surface area (Å²) in [5, 5.41) is 3.95. The SMILES string of the molecule is Cc1nc(NC2(c3cn(C(=O)c4ccc(Cl)cc4)cn3)CC2)nc(N2C(=O)OCC2C2CC2)n1. The maximum absolute atomic E-state index is 12.8. The largest absolute Gasteiger partial charge is 0.447 e. The molecule has 1 amide bonds. The van der Waals surface area contributed by atoms with Crippen LogP contribution in [0.25, 0.3) is 0 Å². The zero-order chi connectivity index (χ0) is 23.4. The van der Waals surface area contributed by atoms with E-state index in [1.165, 1.54) is 10.9 Å². The molecule has 0 radical (unpaired) electrons. The normalized spacial score (nSPS) is 20.8. The lowest BCUT2D eigenvalue weighted by Crippen LogP contribution is -2.37. The second-order valence-corrected chi connectivity index (χ2v) is 9.48. The Bertz CT molecular complexity index is 1280. The highest BCUT2D eigenvalue weighted by atomic mass is 35.5. The molecule has 1 aliphatic heterocycles. The van der Waals surface area contributed by atoms with Crippen LogP contribution in [-0.2, 0) is 10.3 Å². The van der Waals surface area contributed by atoms with Crippen molar-refractivity contribution in [3.8, 4) is 0 Å². The molecule has 1 unspecified atom stereocenters. The van der Waals surface area contributed by atoms with Crippen LogP contribution in [0.15, 0.2) is 36.8 Å². The molecule has 0 spiro atoms. The van der Waals surface area contributed by atoms with E-state index in [1.807, 2.05) is 0 Å². The fourth-order valence-electron chi connectivity index (χ4n) is 4.33. The minimum Gasteiger partial charge on any atom is -0.447 e. The molecular formula is C23H22ClN7O3. The lowest BCUT2D eigenvalue weighted by Gasteiger charge is -2.21. The Morgan fingerprint density at radius 1 is 1.18 bits per heavy atom. The van der Waals surface area contributed by atoms with Gasteiger partial charge < -0.3 is 10.1 Å². The third kappa shape index (κ3) is 3.77. The zero-order valence-corrected chi connectivity index (χ0v) is 19.2. The summed E-state index contributed by atoms with van der Waals surface area (Å²) in [6, 6.07) is 6.69. The molecule has 0 bridgehead atoms. The second-order valence-electron chi connectivity index (χ2n) is 9.04. The summed E-state index contributed by atoms with van der Waals surface area (Å²) >= 11 is 5.93. The topological polar surface area (TPSA) is 115 Å². The summed E-state index contributed by atoms with van der Waals surface area (Å²) < 4.78 is 6.74. The summed E-state index contributed by atoms with van der Waals surface area (Å²) in [7, 11) is 0. The van der Waals surface area contributed by atoms with Crippen LogP contribution in [0.3, 0.4) is 0 Å². The molecule has 3 fully saturated rings. The molecule has 3 heterocycles. The number of amides is 1. The number of nitrogens with zero attached hydrogens (tertiary/aromatic N) is 6. The van der Waals surface area contributed by atoms with Crippen LogP contribution in [0, 0.1) is 12.8 Å². The van der Waals surface area contributed by atoms with Gasteiger partial charge in [0.25, 0.3) is 5.91 Å². The molecule has 174 valence electrons. The second kappa shape index (κ2) is 7.76. The van der Waals surface area contributed by atoms with Gasteiger partial charge >= 0.3 is 6.09 Å². The van der Waals surface area contributed by atoms with Crippen molar-refractivity contribution in [3.63, 3.8) is 0 Å². The number of aromatic nitrogens is 5. The summed E-state index contributed by atoms with van der Waals surface area (Å²) in [5.74, 6) is 1.41. The van der Waals surface area contributed by atoms with Gasteiger partial charge in [-0.2, -0.15) is 15.0 Å². The Morgan fingerprint density at radius 3 is 2.65 bits per heavy atom. The van der Waals surface area contributed by atoms with Gasteiger partial charge in [0, 0.05) is 16.8 Å². The number of ether oxygens (including phenoxy) is 1. The van der Waals surface area contributed by atoms with Gasteiger partial charge in [0.05, 0.1) is 17.3 Å². The monoisotopic (exact) mass is 479 g/mol. The van der Waals surface area contributed by atoms with Crippen molar-refractivity contribution in [2.45, 2.75) is 44.2 Å². The molecule has 34 heavy (non-hydrogen) atoms. The van der Waals surface area contributed by atoms with Gasteiger partial charge in [0.1, 0.15) is 18.8 Å². The highest BCUT2D eigenvalue weighted by molar-refractivity contribution is 6.30. The van der Waals surface area contributed by atoms with Crippen LogP contribution >= 0.6 is 11.6 Å². The summed E-state index contributed by atoms with van der Waals surface area (Å²) in [4.78, 5) is 44.6. The quantitative estimate of drug-likeness (QED) is 0.570. The number of benzene rings is 1. The van der Waals surface area contributed by atoms with E-state index >= 15 is 0 Å². The first kappa shape index (κ1) is 21.0. The maximum Gasteiger partial charge on any atom is 0.417 e. The van der Waals surface area contributed by atoms with Crippen molar-refractivity contribution in [2.75, 3.05) is 16.8 Å². The molecule has 3 aliphatic rings. The van der Waals surface area contributed by atoms with Crippen molar-refractivity contribution in [2.24, 2.45) is 5.92 Å². The average molecular weight is 480 g/mol. The van der Waals surface area contributed by atoms with E-state index in [9.17, 15) is 9.59 Å². The Kier molecular flexibility index (Phi) is 4.80. The fourth-order valence-corrected chi connectivity index (χ4v) is 4.46. The third-order valence-corrected chi connectivity index (χ3v) is 6.77. The lowest BCUT2D eigenvalue weighted by atomic mass is 10.2. The summed E-state index contributed by atoms with van der Waals surface area (Å²) in [5.41, 5.74) is 0.773. The number of anilines is 2. The van der Waals surface area contributed by atoms with Crippen molar-refractivity contribution >= 4 is 35.5 Å². The molecule has 3 aromatic rings. The molecule has 2 saturated carbocycles. The number of hydrogen-bond acceptors (Lipinski definition) is 8. The lowest BCUT2D eigenvalue weighted by molar-refractivity contribution is 0.0959. The van der Waals surface area contributed by atoms with E-state index in [4.69, 9.17) is 16.3 Å². The smallest absolute Gasteiger partial charge is 0.417 e. The number of imidazole rings is 1. The highest BCUT2D eigenvalue weighted by Gasteiger charge is 2.48. The van der Waals surface area contributed by atoms with Crippen LogP contribution in [0.5, 0.6) is 0 Å². The predicted octanol–water partition coefficient (Wildman–Crippen LogP) is 3.55. The molecule has 6 rings (SSSR count). The van der Waals surface area contributed by atoms with Crippen molar-refractivity contribution in [1.82, 2.24) is 24.5 Å². The number of carbonyl (C=O) groups excluding carboxylic acids is 2. The average Bonchev–Trinajstić information content (AvgIpc) is 3.72. The van der Waals surface area contributed by atoms with E-state index in [-0.39, 0.29) is 11.9 Å². The van der Waals surface area contributed by atoms with Crippen molar-refractivity contribution in [1.29, 1.82) is 0 Å². The standard InChI is InChI=1S/C23H22ClN7O3/c1-13-26-20(28-21(27-13)31-17(14-2-3-14)11-34-22(31)33)29-23(8-9-23)18-10-30(12-25-18)19(32)15-4-6-16(24)7-5-15/h4-7,10,12,14,17H,2-3,8-9,11H2,1H3,(H,26,27,28,29). The van der Waals surface area contributed by atoms with Crippen LogP contribution in [0.4, 0.5) is 16.7 Å². The summed E-state index contributed by atoms with van der Waals surface area (Å²) in [6.07, 6.45) is 6.60. The van der Waals surface area contributed by atoms with Crippen LogP contribution in [0.2, 0.25) is 5.02 Å². The van der Waals surface area contributed by atoms with Crippen LogP contribution in [-0.4, -0.2) is 49.2 Å². The molecule has 1 N–H and O–H groups in total. The van der Waals surface area contributed by atoms with Crippen LogP contribution in [0.1, 0.15) is 47.6 Å². The Hall–Kier alpha value is -3.53. The van der Waals surface area contributed by atoms with E-state index < -0.39 is 11.6 Å². The number of carbonyl (C=O) groups is 2. The molecule has 10 nitrogen and oxygen atoms in total. The van der Waals surface area contributed by atoms with E-state index in [0.717, 1.165) is 31.4 Å². The minimum atomic E-state index is -0.474. The van der Waals surface area contributed by atoms with Gasteiger partial charge in [-0.3, -0.25) is 9.36 Å². The number of halogens is 1. The highest BCUT2D eigenvalue weighted by Crippen LogP contribution is 2.47. The Morgan fingerprint density at radius 2 is 1.94 bits per heavy atom. The van der Waals surface area contributed by atoms with E-state index in [2.05, 4.69) is 25.3 Å². The number of aryl methyl sites for hydroxylation is 1. The molecular weight excluding hydrogens is 458 g/mol. The molecule has 2 aromatic heterocycles. The molecule has 11 heteroatoms. The van der Waals surface area contributed by atoms with E-state index in [0.29, 0.717) is 40.8 Å². The van der Waals surface area contributed by atoms with Gasteiger partial charge in [-0.1, -0.05) is 11.6 Å². The van der Waals surface area contributed by atoms with Gasteiger partial charge in [-0.05, 0) is 62.8 Å². The first-order valence-electron chi connectivity index (χ1n) is 11.2. The van der Waals surface area contributed by atoms with Gasteiger partial charge in [-0.15, -0.1) is 0 Å². The third-order valence-electron chi connectivity index (χ3n) is 6.52. The van der Waals surface area contributed by atoms with Gasteiger partial charge in [-0.25, -0.2) is 14.7 Å². The predicted molar refractivity (Wildman–Crippen MR) is 123 cm³/mol. The van der Waals surface area contributed by atoms with Gasteiger partial charge in [0.2, 0.25) is 11.9 Å². The molecule has 2 aliphatic carbocycles. The summed E-state index contributed by atoms with van der Waals surface area (Å²) in [6.45, 7) is 2.13. The van der Waals surface area contributed by atoms with Gasteiger partial charge in [0.15, 0.2) is 0 Å². The Labute approximate surface area is 200 Å². The van der Waals surface area contributed by atoms with Crippen molar-refractivity contribution in [3.05, 3.63) is 58.9 Å². The molecule has 1 saturated heterocycles. The number of cyclic esters (lactones) is 1. The first-order valence-corrected chi connectivity index (χ1v) is 11.6. The minimum absolute atomic E-state index is 0.0355. The molecule has 1 aromatic carbocycles. The number of nitrogens with one attached hydrogen (secondary N) is 1. The van der Waals surface area contributed by atoms with Crippen LogP contribution < -0.4 is 10.2 Å². The molecule has 1 atom stereocenters. The fraction of sp³-hybridized carbons (Fsp3) is 0.391. The zero-order valence-electron chi connectivity index (χ0n) is 18.4.